The summed E-state index contributed by atoms with van der Waals surface area (Å²) < 4.78 is 6.15. The average Bonchev–Trinajstić information content (AvgIpc) is 2.89. The van der Waals surface area contributed by atoms with Gasteiger partial charge in [0.25, 0.3) is 5.91 Å². The summed E-state index contributed by atoms with van der Waals surface area (Å²) in [6.07, 6.45) is 2.31. The number of likely N-dealkylation sites (tertiary alicyclic amines) is 1. The molecular formula is C14H19N3O5. The van der Waals surface area contributed by atoms with E-state index in [0.717, 1.165) is 0 Å². The molecular weight excluding hydrogens is 290 g/mol. The molecule has 0 radical (unpaired) electrons. The van der Waals surface area contributed by atoms with Gasteiger partial charge >= 0.3 is 11.9 Å². The molecule has 1 aromatic heterocycles. The van der Waals surface area contributed by atoms with Crippen LogP contribution in [0, 0.1) is 5.92 Å². The number of carboxylic acids is 1. The van der Waals surface area contributed by atoms with Crippen LogP contribution in [0.4, 0.5) is 0 Å². The lowest BCUT2D eigenvalue weighted by atomic mass is 9.96. The number of hydrogen-bond acceptors (Lipinski definition) is 5. The molecule has 0 unspecified atom stereocenters. The number of aromatic carboxylic acids is 1. The molecule has 0 bridgehead atoms. The van der Waals surface area contributed by atoms with E-state index in [4.69, 9.17) is 9.84 Å². The van der Waals surface area contributed by atoms with E-state index in [1.165, 1.54) is 17.9 Å². The Morgan fingerprint density at radius 2 is 2.00 bits per heavy atom. The fourth-order valence-electron chi connectivity index (χ4n) is 2.60. The molecule has 0 aliphatic carbocycles. The van der Waals surface area contributed by atoms with Gasteiger partial charge in [-0.3, -0.25) is 14.3 Å². The average molecular weight is 309 g/mol. The first kappa shape index (κ1) is 16.0. The first-order valence-corrected chi connectivity index (χ1v) is 7.16. The van der Waals surface area contributed by atoms with Crippen molar-refractivity contribution in [3.63, 3.8) is 0 Å². The summed E-state index contributed by atoms with van der Waals surface area (Å²) in [5.74, 6) is -1.99. The predicted octanol–water partition coefficient (Wildman–Crippen LogP) is 0.534. The highest BCUT2D eigenvalue weighted by Gasteiger charge is 2.31. The molecule has 1 fully saturated rings. The number of aryl methyl sites for hydroxylation is 1. The van der Waals surface area contributed by atoms with Crippen molar-refractivity contribution < 1.29 is 24.2 Å². The highest BCUT2D eigenvalue weighted by molar-refractivity contribution is 6.03. The van der Waals surface area contributed by atoms with Crippen molar-refractivity contribution in [1.82, 2.24) is 14.7 Å². The monoisotopic (exact) mass is 309 g/mol. The summed E-state index contributed by atoms with van der Waals surface area (Å²) in [4.78, 5) is 36.9. The Balaban J connectivity index is 2.04. The number of carbonyl (C=O) groups excluding carboxylic acids is 2. The van der Waals surface area contributed by atoms with E-state index >= 15 is 0 Å². The van der Waals surface area contributed by atoms with Crippen LogP contribution < -0.4 is 0 Å². The van der Waals surface area contributed by atoms with Crippen LogP contribution in [-0.4, -0.2) is 57.3 Å². The van der Waals surface area contributed by atoms with Crippen LogP contribution in [0.3, 0.4) is 0 Å². The molecule has 8 heteroatoms. The zero-order valence-electron chi connectivity index (χ0n) is 12.6. The Bertz CT molecular complexity index is 587. The molecule has 0 atom stereocenters. The van der Waals surface area contributed by atoms with E-state index in [1.54, 1.807) is 11.8 Å². The normalized spacial score (nSPS) is 15.6. The van der Waals surface area contributed by atoms with Gasteiger partial charge in [-0.05, 0) is 19.8 Å². The maximum absolute atomic E-state index is 12.4. The second-order valence-corrected chi connectivity index (χ2v) is 5.15. The second-order valence-electron chi connectivity index (χ2n) is 5.15. The van der Waals surface area contributed by atoms with Gasteiger partial charge in [-0.15, -0.1) is 0 Å². The van der Waals surface area contributed by atoms with E-state index in [2.05, 4.69) is 5.10 Å². The van der Waals surface area contributed by atoms with Crippen LogP contribution >= 0.6 is 0 Å². The summed E-state index contributed by atoms with van der Waals surface area (Å²) in [7, 11) is 1.48. The van der Waals surface area contributed by atoms with Crippen molar-refractivity contribution in [2.75, 3.05) is 19.7 Å². The summed E-state index contributed by atoms with van der Waals surface area (Å²) in [6.45, 7) is 2.90. The third kappa shape index (κ3) is 3.10. The van der Waals surface area contributed by atoms with Crippen LogP contribution in [0.5, 0.6) is 0 Å². The summed E-state index contributed by atoms with van der Waals surface area (Å²) in [5.41, 5.74) is -0.0536. The van der Waals surface area contributed by atoms with Crippen LogP contribution in [0.15, 0.2) is 6.20 Å². The smallest absolute Gasteiger partial charge is 0.354 e. The van der Waals surface area contributed by atoms with Crippen molar-refractivity contribution in [3.8, 4) is 0 Å². The Hall–Kier alpha value is -2.38. The molecule has 1 saturated heterocycles. The van der Waals surface area contributed by atoms with Gasteiger partial charge in [-0.2, -0.15) is 5.10 Å². The topological polar surface area (TPSA) is 102 Å². The van der Waals surface area contributed by atoms with Crippen LogP contribution in [-0.2, 0) is 16.6 Å². The van der Waals surface area contributed by atoms with Gasteiger partial charge < -0.3 is 14.7 Å². The number of nitrogens with zero attached hydrogens (tertiary/aromatic N) is 3. The number of rotatable bonds is 4. The fourth-order valence-corrected chi connectivity index (χ4v) is 2.60. The molecule has 120 valence electrons. The molecule has 0 aromatic carbocycles. The minimum atomic E-state index is -1.19. The molecule has 1 aromatic rings. The minimum absolute atomic E-state index is 0.0737. The summed E-state index contributed by atoms with van der Waals surface area (Å²) in [5, 5.41) is 13.0. The first-order chi connectivity index (χ1) is 10.5. The van der Waals surface area contributed by atoms with Crippen molar-refractivity contribution in [2.24, 2.45) is 13.0 Å². The lowest BCUT2D eigenvalue weighted by molar-refractivity contribution is -0.149. The van der Waals surface area contributed by atoms with Gasteiger partial charge in [0.2, 0.25) is 0 Å². The molecule has 1 aliphatic heterocycles. The molecule has 2 heterocycles. The SMILES string of the molecule is CCOC(=O)C1CCN(C(=O)c2cnn(C)c2C(=O)O)CC1. The highest BCUT2D eigenvalue weighted by Crippen LogP contribution is 2.21. The number of carboxylic acid groups (broad SMARTS) is 1. The predicted molar refractivity (Wildman–Crippen MR) is 75.4 cm³/mol. The zero-order chi connectivity index (χ0) is 16.3. The van der Waals surface area contributed by atoms with Crippen LogP contribution in [0.1, 0.15) is 40.6 Å². The van der Waals surface area contributed by atoms with E-state index in [-0.39, 0.29) is 29.1 Å². The van der Waals surface area contributed by atoms with E-state index in [9.17, 15) is 14.4 Å². The Morgan fingerprint density at radius 3 is 2.55 bits per heavy atom. The number of piperidine rings is 1. The molecule has 0 saturated carbocycles. The molecule has 2 rings (SSSR count). The third-order valence-electron chi connectivity index (χ3n) is 3.77. The molecule has 1 aliphatic rings. The highest BCUT2D eigenvalue weighted by atomic mass is 16.5. The quantitative estimate of drug-likeness (QED) is 0.814. The number of ether oxygens (including phenoxy) is 1. The zero-order valence-corrected chi connectivity index (χ0v) is 12.6. The third-order valence-corrected chi connectivity index (χ3v) is 3.77. The van der Waals surface area contributed by atoms with Crippen LogP contribution in [0.2, 0.25) is 0 Å². The largest absolute Gasteiger partial charge is 0.477 e. The molecule has 0 spiro atoms. The first-order valence-electron chi connectivity index (χ1n) is 7.16. The van der Waals surface area contributed by atoms with E-state index in [1.807, 2.05) is 0 Å². The van der Waals surface area contributed by atoms with Crippen molar-refractivity contribution in [3.05, 3.63) is 17.5 Å². The summed E-state index contributed by atoms with van der Waals surface area (Å²) in [6, 6.07) is 0. The standard InChI is InChI=1S/C14H19N3O5/c1-3-22-14(21)9-4-6-17(7-5-9)12(18)10-8-15-16(2)11(10)13(19)20/h8-9H,3-7H2,1-2H3,(H,19,20). The van der Waals surface area contributed by atoms with Crippen molar-refractivity contribution in [1.29, 1.82) is 0 Å². The second kappa shape index (κ2) is 6.59. The molecule has 8 nitrogen and oxygen atoms in total. The van der Waals surface area contributed by atoms with Gasteiger partial charge in [-0.25, -0.2) is 4.79 Å². The minimum Gasteiger partial charge on any atom is -0.477 e. The molecule has 1 N–H and O–H groups in total. The number of aromatic nitrogens is 2. The fraction of sp³-hybridized carbons (Fsp3) is 0.571. The van der Waals surface area contributed by atoms with Gasteiger partial charge in [0, 0.05) is 20.1 Å². The summed E-state index contributed by atoms with van der Waals surface area (Å²) >= 11 is 0. The van der Waals surface area contributed by atoms with Crippen LogP contribution in [0.25, 0.3) is 0 Å². The molecule has 1 amide bonds. The van der Waals surface area contributed by atoms with Crippen molar-refractivity contribution in [2.45, 2.75) is 19.8 Å². The number of amides is 1. The number of hydrogen-bond donors (Lipinski definition) is 1. The molecule has 22 heavy (non-hydrogen) atoms. The maximum atomic E-state index is 12.4. The Kier molecular flexibility index (Phi) is 4.79. The van der Waals surface area contributed by atoms with Gasteiger partial charge in [0.05, 0.1) is 24.3 Å². The number of esters is 1. The van der Waals surface area contributed by atoms with Gasteiger partial charge in [-0.1, -0.05) is 0 Å². The van der Waals surface area contributed by atoms with Crippen molar-refractivity contribution >= 4 is 17.8 Å². The van der Waals surface area contributed by atoms with Gasteiger partial charge in [0.15, 0.2) is 5.69 Å². The lowest BCUT2D eigenvalue weighted by Crippen LogP contribution is -2.41. The Morgan fingerprint density at radius 1 is 1.36 bits per heavy atom. The van der Waals surface area contributed by atoms with Gasteiger partial charge in [0.1, 0.15) is 0 Å². The Labute approximate surface area is 127 Å². The van der Waals surface area contributed by atoms with E-state index in [0.29, 0.717) is 32.5 Å². The van der Waals surface area contributed by atoms with E-state index < -0.39 is 5.97 Å². The maximum Gasteiger partial charge on any atom is 0.354 e. The number of carbonyl (C=O) groups is 3. The lowest BCUT2D eigenvalue weighted by Gasteiger charge is -2.30.